The van der Waals surface area contributed by atoms with Crippen LogP contribution >= 0.6 is 0 Å². The molecular formula is C57H108O5. The Labute approximate surface area is 387 Å². The van der Waals surface area contributed by atoms with E-state index in [4.69, 9.17) is 14.2 Å². The first-order valence-corrected chi connectivity index (χ1v) is 27.9. The first-order chi connectivity index (χ1) is 30.6. The molecule has 0 bridgehead atoms. The van der Waals surface area contributed by atoms with Crippen molar-refractivity contribution in [1.82, 2.24) is 0 Å². The Morgan fingerprint density at radius 3 is 0.984 bits per heavy atom. The summed E-state index contributed by atoms with van der Waals surface area (Å²) >= 11 is 0. The molecule has 0 aromatic heterocycles. The quantitative estimate of drug-likeness (QED) is 0.0346. The number of allylic oxidation sites excluding steroid dienone is 4. The van der Waals surface area contributed by atoms with Crippen molar-refractivity contribution < 1.29 is 23.8 Å². The lowest BCUT2D eigenvalue weighted by molar-refractivity contribution is -0.163. The summed E-state index contributed by atoms with van der Waals surface area (Å²) in [6.45, 7) is 7.86. The summed E-state index contributed by atoms with van der Waals surface area (Å²) in [5.74, 6) is -0.386. The van der Waals surface area contributed by atoms with Gasteiger partial charge in [-0.1, -0.05) is 244 Å². The van der Waals surface area contributed by atoms with Gasteiger partial charge in [0.05, 0.1) is 6.61 Å². The van der Waals surface area contributed by atoms with Crippen LogP contribution in [-0.4, -0.2) is 37.9 Å². The third-order valence-corrected chi connectivity index (χ3v) is 12.5. The average molecular weight is 873 g/mol. The molecule has 0 saturated carbocycles. The zero-order valence-electron chi connectivity index (χ0n) is 42.2. The van der Waals surface area contributed by atoms with E-state index in [0.29, 0.717) is 26.1 Å². The molecule has 1 unspecified atom stereocenters. The maximum absolute atomic E-state index is 12.8. The fourth-order valence-electron chi connectivity index (χ4n) is 8.27. The summed E-state index contributed by atoms with van der Waals surface area (Å²) in [6.07, 6.45) is 63.3. The van der Waals surface area contributed by atoms with Gasteiger partial charge in [0, 0.05) is 19.4 Å². The van der Waals surface area contributed by atoms with E-state index in [2.05, 4.69) is 45.1 Å². The lowest BCUT2D eigenvalue weighted by Crippen LogP contribution is -2.30. The number of hydrogen-bond acceptors (Lipinski definition) is 5. The summed E-state index contributed by atoms with van der Waals surface area (Å²) in [7, 11) is 0. The Kier molecular flexibility index (Phi) is 52.3. The molecule has 0 aliphatic heterocycles. The van der Waals surface area contributed by atoms with Crippen molar-refractivity contribution in [2.75, 3.05) is 19.8 Å². The molecule has 366 valence electrons. The van der Waals surface area contributed by atoms with E-state index >= 15 is 0 Å². The number of esters is 2. The molecule has 0 spiro atoms. The zero-order chi connectivity index (χ0) is 44.9. The predicted octanol–water partition coefficient (Wildman–Crippen LogP) is 18.8. The van der Waals surface area contributed by atoms with Crippen molar-refractivity contribution in [3.8, 4) is 0 Å². The summed E-state index contributed by atoms with van der Waals surface area (Å²) in [4.78, 5) is 25.4. The highest BCUT2D eigenvalue weighted by Crippen LogP contribution is 2.16. The van der Waals surface area contributed by atoms with Crippen LogP contribution < -0.4 is 0 Å². The van der Waals surface area contributed by atoms with Crippen molar-refractivity contribution in [3.05, 3.63) is 24.3 Å². The van der Waals surface area contributed by atoms with Gasteiger partial charge in [-0.15, -0.1) is 0 Å². The highest BCUT2D eigenvalue weighted by molar-refractivity contribution is 5.70. The topological polar surface area (TPSA) is 61.8 Å². The summed E-state index contributed by atoms with van der Waals surface area (Å²) in [5.41, 5.74) is 0. The minimum atomic E-state index is -0.532. The van der Waals surface area contributed by atoms with Gasteiger partial charge in [-0.25, -0.2) is 0 Å². The molecule has 0 amide bonds. The van der Waals surface area contributed by atoms with Crippen LogP contribution in [0.2, 0.25) is 0 Å². The molecule has 0 saturated heterocycles. The number of hydrogen-bond donors (Lipinski definition) is 0. The fourth-order valence-corrected chi connectivity index (χ4v) is 8.27. The van der Waals surface area contributed by atoms with Gasteiger partial charge in [0.1, 0.15) is 6.61 Å². The van der Waals surface area contributed by atoms with Gasteiger partial charge in [0.15, 0.2) is 6.10 Å². The van der Waals surface area contributed by atoms with Gasteiger partial charge >= 0.3 is 11.9 Å². The lowest BCUT2D eigenvalue weighted by Gasteiger charge is -2.18. The maximum atomic E-state index is 12.8. The maximum Gasteiger partial charge on any atom is 0.306 e. The van der Waals surface area contributed by atoms with E-state index in [1.807, 2.05) is 0 Å². The second kappa shape index (κ2) is 53.7. The summed E-state index contributed by atoms with van der Waals surface area (Å²) in [6, 6.07) is 0. The number of ether oxygens (including phenoxy) is 3. The largest absolute Gasteiger partial charge is 0.462 e. The first-order valence-electron chi connectivity index (χ1n) is 27.9. The Bertz CT molecular complexity index is 943. The summed E-state index contributed by atoms with van der Waals surface area (Å²) < 4.78 is 17.4. The Hall–Kier alpha value is -1.62. The number of rotatable bonds is 52. The van der Waals surface area contributed by atoms with Gasteiger partial charge in [-0.2, -0.15) is 0 Å². The van der Waals surface area contributed by atoms with E-state index < -0.39 is 6.10 Å². The van der Waals surface area contributed by atoms with Crippen LogP contribution in [0.5, 0.6) is 0 Å². The van der Waals surface area contributed by atoms with Gasteiger partial charge < -0.3 is 14.2 Å². The molecule has 62 heavy (non-hydrogen) atoms. The SMILES string of the molecule is CCCCCCCC/C=C\CCCCCCCCCCOCC(COC(=O)CCCCCCCCC/C=C\CCCCCCCC)OC(=O)CCCCCCCCCCCCC. The van der Waals surface area contributed by atoms with Crippen LogP contribution in [0.3, 0.4) is 0 Å². The molecule has 0 aliphatic carbocycles. The number of unbranched alkanes of at least 4 members (excludes halogenated alkanes) is 37. The zero-order valence-corrected chi connectivity index (χ0v) is 42.2. The average Bonchev–Trinajstić information content (AvgIpc) is 3.27. The van der Waals surface area contributed by atoms with Crippen molar-refractivity contribution in [1.29, 1.82) is 0 Å². The number of carbonyl (C=O) groups is 2. The molecule has 0 fully saturated rings. The standard InChI is InChI=1S/C57H108O5/c1-4-7-10-13-16-19-22-24-26-28-30-32-34-37-40-43-46-49-52-60-53-55(62-57(59)51-48-45-42-39-35-21-18-15-12-9-6-3)54-61-56(58)50-47-44-41-38-36-33-31-29-27-25-23-20-17-14-11-8-5-2/h24-27,55H,4-23,28-54H2,1-3H3/b26-24-,27-25-. The van der Waals surface area contributed by atoms with Crippen LogP contribution in [0.25, 0.3) is 0 Å². The minimum absolute atomic E-state index is 0.0884. The van der Waals surface area contributed by atoms with Crippen LogP contribution in [0.4, 0.5) is 0 Å². The molecule has 0 aliphatic rings. The lowest BCUT2D eigenvalue weighted by atomic mass is 10.1. The molecule has 0 heterocycles. The van der Waals surface area contributed by atoms with E-state index in [1.165, 1.54) is 231 Å². The highest BCUT2D eigenvalue weighted by Gasteiger charge is 2.17. The second-order valence-electron chi connectivity index (χ2n) is 18.8. The van der Waals surface area contributed by atoms with Gasteiger partial charge in [-0.05, 0) is 70.6 Å². The molecule has 0 aromatic carbocycles. The van der Waals surface area contributed by atoms with Crippen LogP contribution in [-0.2, 0) is 23.8 Å². The van der Waals surface area contributed by atoms with Crippen molar-refractivity contribution in [2.24, 2.45) is 0 Å². The fraction of sp³-hybridized carbons (Fsp3) is 0.895. The normalized spacial score (nSPS) is 12.2. The minimum Gasteiger partial charge on any atom is -0.462 e. The van der Waals surface area contributed by atoms with E-state index in [1.54, 1.807) is 0 Å². The first kappa shape index (κ1) is 60.4. The molecule has 0 rings (SSSR count). The molecule has 5 nitrogen and oxygen atoms in total. The monoisotopic (exact) mass is 873 g/mol. The molecule has 0 radical (unpaired) electrons. The van der Waals surface area contributed by atoms with E-state index in [0.717, 1.165) is 38.5 Å². The van der Waals surface area contributed by atoms with Crippen LogP contribution in [0.1, 0.15) is 303 Å². The number of carbonyl (C=O) groups excluding carboxylic acids is 2. The molecule has 1 atom stereocenters. The third-order valence-electron chi connectivity index (χ3n) is 12.5. The van der Waals surface area contributed by atoms with E-state index in [9.17, 15) is 9.59 Å². The van der Waals surface area contributed by atoms with Crippen molar-refractivity contribution in [2.45, 2.75) is 309 Å². The molecule has 0 N–H and O–H groups in total. The molecule has 5 heteroatoms. The van der Waals surface area contributed by atoms with Crippen molar-refractivity contribution in [3.63, 3.8) is 0 Å². The Balaban J connectivity index is 4.18. The predicted molar refractivity (Wildman–Crippen MR) is 270 cm³/mol. The van der Waals surface area contributed by atoms with E-state index in [-0.39, 0.29) is 18.5 Å². The molecule has 0 aromatic rings. The van der Waals surface area contributed by atoms with Crippen LogP contribution in [0.15, 0.2) is 24.3 Å². The Morgan fingerprint density at radius 1 is 0.339 bits per heavy atom. The van der Waals surface area contributed by atoms with Crippen molar-refractivity contribution >= 4 is 11.9 Å². The third kappa shape index (κ3) is 51.0. The van der Waals surface area contributed by atoms with Crippen LogP contribution in [0, 0.1) is 0 Å². The summed E-state index contributed by atoms with van der Waals surface area (Å²) in [5, 5.41) is 0. The highest BCUT2D eigenvalue weighted by atomic mass is 16.6. The van der Waals surface area contributed by atoms with Gasteiger partial charge in [0.2, 0.25) is 0 Å². The Morgan fingerprint density at radius 2 is 0.629 bits per heavy atom. The van der Waals surface area contributed by atoms with Gasteiger partial charge in [0.25, 0.3) is 0 Å². The van der Waals surface area contributed by atoms with Gasteiger partial charge in [-0.3, -0.25) is 9.59 Å². The molecular weight excluding hydrogens is 765 g/mol. The second-order valence-corrected chi connectivity index (χ2v) is 18.8. The smallest absolute Gasteiger partial charge is 0.306 e.